The SMILES string of the molecule is CC1CCC(NS(=O)(=O)c2ccc(Br)cc2)CC1C. The second-order valence-electron chi connectivity index (χ2n) is 5.54. The van der Waals surface area contributed by atoms with Crippen LogP contribution >= 0.6 is 15.9 Å². The maximum Gasteiger partial charge on any atom is 0.240 e. The zero-order chi connectivity index (χ0) is 14.0. The van der Waals surface area contributed by atoms with Gasteiger partial charge in [-0.3, -0.25) is 0 Å². The molecule has 1 aromatic rings. The van der Waals surface area contributed by atoms with Crippen molar-refractivity contribution in [2.75, 3.05) is 0 Å². The Morgan fingerprint density at radius 1 is 1.11 bits per heavy atom. The Hall–Kier alpha value is -0.390. The zero-order valence-electron chi connectivity index (χ0n) is 11.3. The first kappa shape index (κ1) is 15.0. The van der Waals surface area contributed by atoms with Gasteiger partial charge < -0.3 is 0 Å². The van der Waals surface area contributed by atoms with Gasteiger partial charge in [-0.15, -0.1) is 0 Å². The summed E-state index contributed by atoms with van der Waals surface area (Å²) in [5, 5.41) is 0. The Kier molecular flexibility index (Phi) is 4.69. The molecule has 3 atom stereocenters. The molecule has 106 valence electrons. The average Bonchev–Trinajstić information content (AvgIpc) is 2.34. The number of hydrogen-bond acceptors (Lipinski definition) is 2. The Labute approximate surface area is 124 Å². The van der Waals surface area contributed by atoms with E-state index in [1.807, 2.05) is 0 Å². The molecule has 0 spiro atoms. The summed E-state index contributed by atoms with van der Waals surface area (Å²) in [6.45, 7) is 4.44. The molecular weight excluding hydrogens is 326 g/mol. The van der Waals surface area contributed by atoms with Crippen LogP contribution in [0.4, 0.5) is 0 Å². The summed E-state index contributed by atoms with van der Waals surface area (Å²) < 4.78 is 28.3. The molecule has 0 amide bonds. The van der Waals surface area contributed by atoms with E-state index >= 15 is 0 Å². The quantitative estimate of drug-likeness (QED) is 0.910. The minimum atomic E-state index is -3.39. The van der Waals surface area contributed by atoms with Gasteiger partial charge in [0.25, 0.3) is 0 Å². The van der Waals surface area contributed by atoms with Crippen LogP contribution in [-0.2, 0) is 10.0 Å². The molecule has 3 nitrogen and oxygen atoms in total. The van der Waals surface area contributed by atoms with Crippen molar-refractivity contribution >= 4 is 26.0 Å². The predicted molar refractivity (Wildman–Crippen MR) is 80.4 cm³/mol. The van der Waals surface area contributed by atoms with Crippen LogP contribution in [0.2, 0.25) is 0 Å². The van der Waals surface area contributed by atoms with Gasteiger partial charge in [-0.1, -0.05) is 29.8 Å². The fraction of sp³-hybridized carbons (Fsp3) is 0.571. The second-order valence-corrected chi connectivity index (χ2v) is 8.17. The molecule has 0 bridgehead atoms. The highest BCUT2D eigenvalue weighted by atomic mass is 79.9. The van der Waals surface area contributed by atoms with E-state index in [4.69, 9.17) is 0 Å². The van der Waals surface area contributed by atoms with Crippen molar-refractivity contribution in [2.45, 2.75) is 44.0 Å². The summed E-state index contributed by atoms with van der Waals surface area (Å²) in [6, 6.07) is 6.82. The van der Waals surface area contributed by atoms with E-state index in [9.17, 15) is 8.42 Å². The Morgan fingerprint density at radius 2 is 1.74 bits per heavy atom. The fourth-order valence-corrected chi connectivity index (χ4v) is 4.10. The van der Waals surface area contributed by atoms with Gasteiger partial charge in [0.2, 0.25) is 10.0 Å². The molecule has 5 heteroatoms. The molecule has 1 saturated carbocycles. The van der Waals surface area contributed by atoms with Gasteiger partial charge in [-0.25, -0.2) is 13.1 Å². The third kappa shape index (κ3) is 3.80. The Balaban J connectivity index is 2.07. The molecule has 1 N–H and O–H groups in total. The smallest absolute Gasteiger partial charge is 0.208 e. The second kappa shape index (κ2) is 5.94. The first-order chi connectivity index (χ1) is 8.88. The lowest BCUT2D eigenvalue weighted by molar-refractivity contribution is 0.242. The number of hydrogen-bond donors (Lipinski definition) is 1. The monoisotopic (exact) mass is 345 g/mol. The Morgan fingerprint density at radius 3 is 2.32 bits per heavy atom. The van der Waals surface area contributed by atoms with Gasteiger partial charge in [0.15, 0.2) is 0 Å². The van der Waals surface area contributed by atoms with Crippen molar-refractivity contribution in [3.63, 3.8) is 0 Å². The molecular formula is C14H20BrNO2S. The fourth-order valence-electron chi connectivity index (χ4n) is 2.56. The molecule has 0 heterocycles. The van der Waals surface area contributed by atoms with Crippen LogP contribution in [0.25, 0.3) is 0 Å². The number of nitrogens with one attached hydrogen (secondary N) is 1. The number of benzene rings is 1. The van der Waals surface area contributed by atoms with Gasteiger partial charge in [0.05, 0.1) is 4.90 Å². The molecule has 1 fully saturated rings. The minimum Gasteiger partial charge on any atom is -0.208 e. The maximum atomic E-state index is 12.3. The van der Waals surface area contributed by atoms with E-state index in [0.29, 0.717) is 16.7 Å². The van der Waals surface area contributed by atoms with E-state index in [0.717, 1.165) is 23.7 Å². The van der Waals surface area contributed by atoms with Gasteiger partial charge >= 0.3 is 0 Å². The summed E-state index contributed by atoms with van der Waals surface area (Å²) in [4.78, 5) is 0.335. The predicted octanol–water partition coefficient (Wildman–Crippen LogP) is 3.55. The van der Waals surface area contributed by atoms with Crippen molar-refractivity contribution in [1.82, 2.24) is 4.72 Å². The van der Waals surface area contributed by atoms with Crippen LogP contribution < -0.4 is 4.72 Å². The molecule has 1 aromatic carbocycles. The van der Waals surface area contributed by atoms with Crippen LogP contribution in [0.1, 0.15) is 33.1 Å². The average molecular weight is 346 g/mol. The maximum absolute atomic E-state index is 12.3. The molecule has 0 aromatic heterocycles. The first-order valence-electron chi connectivity index (χ1n) is 6.66. The zero-order valence-corrected chi connectivity index (χ0v) is 13.7. The van der Waals surface area contributed by atoms with Crippen LogP contribution in [0.15, 0.2) is 33.6 Å². The largest absolute Gasteiger partial charge is 0.240 e. The topological polar surface area (TPSA) is 46.2 Å². The van der Waals surface area contributed by atoms with Crippen molar-refractivity contribution in [1.29, 1.82) is 0 Å². The molecule has 1 aliphatic carbocycles. The van der Waals surface area contributed by atoms with Gasteiger partial charge in [-0.05, 0) is 55.4 Å². The van der Waals surface area contributed by atoms with E-state index in [2.05, 4.69) is 34.5 Å². The van der Waals surface area contributed by atoms with E-state index in [1.54, 1.807) is 24.3 Å². The molecule has 3 unspecified atom stereocenters. The minimum absolute atomic E-state index is 0.0693. The van der Waals surface area contributed by atoms with E-state index in [-0.39, 0.29) is 6.04 Å². The molecule has 0 radical (unpaired) electrons. The highest BCUT2D eigenvalue weighted by molar-refractivity contribution is 9.10. The lowest BCUT2D eigenvalue weighted by Gasteiger charge is -2.32. The van der Waals surface area contributed by atoms with Gasteiger partial charge in [0, 0.05) is 10.5 Å². The highest BCUT2D eigenvalue weighted by Gasteiger charge is 2.28. The normalized spacial score (nSPS) is 28.3. The molecule has 19 heavy (non-hydrogen) atoms. The molecule has 0 saturated heterocycles. The van der Waals surface area contributed by atoms with Crippen molar-refractivity contribution in [3.05, 3.63) is 28.7 Å². The van der Waals surface area contributed by atoms with Crippen LogP contribution in [0.3, 0.4) is 0 Å². The first-order valence-corrected chi connectivity index (χ1v) is 8.94. The lowest BCUT2D eigenvalue weighted by Crippen LogP contribution is -2.39. The van der Waals surface area contributed by atoms with Crippen molar-refractivity contribution in [3.8, 4) is 0 Å². The molecule has 0 aliphatic heterocycles. The summed E-state index contributed by atoms with van der Waals surface area (Å²) in [5.41, 5.74) is 0. The molecule has 2 rings (SSSR count). The number of rotatable bonds is 3. The summed E-state index contributed by atoms with van der Waals surface area (Å²) in [6.07, 6.45) is 2.95. The third-order valence-electron chi connectivity index (χ3n) is 4.04. The highest BCUT2D eigenvalue weighted by Crippen LogP contribution is 2.30. The summed E-state index contributed by atoms with van der Waals surface area (Å²) in [5.74, 6) is 1.26. The summed E-state index contributed by atoms with van der Waals surface area (Å²) >= 11 is 3.31. The van der Waals surface area contributed by atoms with Crippen LogP contribution in [-0.4, -0.2) is 14.5 Å². The standard InChI is InChI=1S/C14H20BrNO2S/c1-10-3-6-13(9-11(10)2)16-19(17,18)14-7-4-12(15)5-8-14/h4-5,7-8,10-11,13,16H,3,6,9H2,1-2H3. The van der Waals surface area contributed by atoms with Crippen molar-refractivity contribution < 1.29 is 8.42 Å². The van der Waals surface area contributed by atoms with Crippen LogP contribution in [0, 0.1) is 11.8 Å². The third-order valence-corrected chi connectivity index (χ3v) is 6.11. The number of sulfonamides is 1. The lowest BCUT2D eigenvalue weighted by atomic mass is 9.79. The van der Waals surface area contributed by atoms with Gasteiger partial charge in [0.1, 0.15) is 0 Å². The van der Waals surface area contributed by atoms with Crippen LogP contribution in [0.5, 0.6) is 0 Å². The van der Waals surface area contributed by atoms with E-state index < -0.39 is 10.0 Å². The van der Waals surface area contributed by atoms with Crippen molar-refractivity contribution in [2.24, 2.45) is 11.8 Å². The number of halogens is 1. The van der Waals surface area contributed by atoms with E-state index in [1.165, 1.54) is 0 Å². The van der Waals surface area contributed by atoms with Gasteiger partial charge in [-0.2, -0.15) is 0 Å². The molecule has 1 aliphatic rings. The summed E-state index contributed by atoms with van der Waals surface area (Å²) in [7, 11) is -3.39. The Bertz CT molecular complexity index is 527.